The normalized spacial score (nSPS) is 10.8. The van der Waals surface area contributed by atoms with Gasteiger partial charge < -0.3 is 15.2 Å². The van der Waals surface area contributed by atoms with E-state index in [9.17, 15) is 14.0 Å². The average Bonchev–Trinajstić information content (AvgIpc) is 3.09. The summed E-state index contributed by atoms with van der Waals surface area (Å²) in [6, 6.07) is 14.5. The largest absolute Gasteiger partial charge is 0.361 e. The van der Waals surface area contributed by atoms with Crippen molar-refractivity contribution in [1.29, 1.82) is 0 Å². The van der Waals surface area contributed by atoms with Gasteiger partial charge >= 0.3 is 0 Å². The highest BCUT2D eigenvalue weighted by Gasteiger charge is 2.14. The lowest BCUT2D eigenvalue weighted by molar-refractivity contribution is -0.134. The molecule has 1 aromatic heterocycles. The lowest BCUT2D eigenvalue weighted by atomic mass is 10.1. The van der Waals surface area contributed by atoms with E-state index in [2.05, 4.69) is 10.3 Å². The molecule has 0 bridgehead atoms. The molecule has 5 nitrogen and oxygen atoms in total. The number of nitrogens with zero attached hydrogens (tertiary/aromatic N) is 1. The second-order valence-electron chi connectivity index (χ2n) is 6.74. The number of benzene rings is 2. The third kappa shape index (κ3) is 4.97. The number of nitrogens with one attached hydrogen (secondary N) is 2. The van der Waals surface area contributed by atoms with Crippen molar-refractivity contribution in [3.8, 4) is 0 Å². The molecule has 0 aliphatic heterocycles. The third-order valence-electron chi connectivity index (χ3n) is 4.78. The predicted molar refractivity (Wildman–Crippen MR) is 107 cm³/mol. The van der Waals surface area contributed by atoms with Gasteiger partial charge in [-0.2, -0.15) is 0 Å². The number of fused-ring (bicyclic) bond motifs is 1. The molecule has 1 heterocycles. The van der Waals surface area contributed by atoms with Crippen molar-refractivity contribution in [2.75, 3.05) is 19.6 Å². The fourth-order valence-electron chi connectivity index (χ4n) is 3.21. The average molecular weight is 381 g/mol. The first kappa shape index (κ1) is 19.6. The van der Waals surface area contributed by atoms with Crippen LogP contribution in [0.25, 0.3) is 10.9 Å². The second kappa shape index (κ2) is 9.17. The van der Waals surface area contributed by atoms with E-state index in [0.717, 1.165) is 16.5 Å². The molecule has 0 saturated heterocycles. The van der Waals surface area contributed by atoms with Crippen LogP contribution < -0.4 is 5.32 Å². The summed E-state index contributed by atoms with van der Waals surface area (Å²) in [6.45, 7) is 2.17. The van der Waals surface area contributed by atoms with Gasteiger partial charge in [0.15, 0.2) is 0 Å². The molecule has 2 aromatic carbocycles. The SMILES string of the molecule is CC(=O)N(CCc1ccccc1F)CC(=O)NCCc1c[nH]c2ccccc12. The summed E-state index contributed by atoms with van der Waals surface area (Å²) < 4.78 is 13.7. The van der Waals surface area contributed by atoms with E-state index >= 15 is 0 Å². The molecule has 0 spiro atoms. The first-order valence-corrected chi connectivity index (χ1v) is 9.35. The van der Waals surface area contributed by atoms with E-state index < -0.39 is 0 Å². The van der Waals surface area contributed by atoms with Crippen LogP contribution in [0.3, 0.4) is 0 Å². The van der Waals surface area contributed by atoms with Gasteiger partial charge in [0.25, 0.3) is 0 Å². The first-order chi connectivity index (χ1) is 13.5. The van der Waals surface area contributed by atoms with Crippen molar-refractivity contribution in [3.63, 3.8) is 0 Å². The van der Waals surface area contributed by atoms with Gasteiger partial charge in [0.1, 0.15) is 5.82 Å². The zero-order valence-electron chi connectivity index (χ0n) is 15.9. The van der Waals surface area contributed by atoms with Crippen LogP contribution >= 0.6 is 0 Å². The highest BCUT2D eigenvalue weighted by molar-refractivity contribution is 5.84. The summed E-state index contributed by atoms with van der Waals surface area (Å²) in [5.74, 6) is -0.721. The predicted octanol–water partition coefficient (Wildman–Crippen LogP) is 3.06. The summed E-state index contributed by atoms with van der Waals surface area (Å²) >= 11 is 0. The monoisotopic (exact) mass is 381 g/mol. The second-order valence-corrected chi connectivity index (χ2v) is 6.74. The van der Waals surface area contributed by atoms with Crippen LogP contribution in [0.1, 0.15) is 18.1 Å². The Morgan fingerprint density at radius 2 is 1.79 bits per heavy atom. The molecule has 0 fully saturated rings. The van der Waals surface area contributed by atoms with E-state index in [1.807, 2.05) is 30.5 Å². The van der Waals surface area contributed by atoms with E-state index in [0.29, 0.717) is 31.5 Å². The van der Waals surface area contributed by atoms with Gasteiger partial charge in [0, 0.05) is 37.1 Å². The fourth-order valence-corrected chi connectivity index (χ4v) is 3.21. The van der Waals surface area contributed by atoms with E-state index in [1.54, 1.807) is 18.2 Å². The molecule has 3 aromatic rings. The molecule has 6 heteroatoms. The minimum absolute atomic E-state index is 0.0301. The molecule has 0 aliphatic carbocycles. The number of hydrogen-bond acceptors (Lipinski definition) is 2. The molecular weight excluding hydrogens is 357 g/mol. The molecule has 3 rings (SSSR count). The maximum atomic E-state index is 13.7. The molecule has 0 aliphatic rings. The molecule has 2 N–H and O–H groups in total. The molecule has 146 valence electrons. The number of aromatic nitrogens is 1. The van der Waals surface area contributed by atoms with Crippen LogP contribution in [0, 0.1) is 5.82 Å². The van der Waals surface area contributed by atoms with Gasteiger partial charge in [0.2, 0.25) is 11.8 Å². The number of halogens is 1. The molecular formula is C22H24FN3O2. The molecule has 2 amide bonds. The van der Waals surface area contributed by atoms with Crippen molar-refractivity contribution in [1.82, 2.24) is 15.2 Å². The van der Waals surface area contributed by atoms with Crippen molar-refractivity contribution in [2.45, 2.75) is 19.8 Å². The number of amides is 2. The van der Waals surface area contributed by atoms with Crippen LogP contribution in [0.15, 0.2) is 54.7 Å². The first-order valence-electron chi connectivity index (χ1n) is 9.35. The molecule has 0 saturated carbocycles. The fraction of sp³-hybridized carbons (Fsp3) is 0.273. The minimum atomic E-state index is -0.297. The Morgan fingerprint density at radius 3 is 2.57 bits per heavy atom. The standard InChI is InChI=1S/C22H24FN3O2/c1-16(27)26(13-11-17-6-2-4-8-20(17)23)15-22(28)24-12-10-18-14-25-21-9-5-3-7-19(18)21/h2-9,14,25H,10-13,15H2,1H3,(H,24,28). The lowest BCUT2D eigenvalue weighted by Crippen LogP contribution is -2.41. The Morgan fingerprint density at radius 1 is 1.04 bits per heavy atom. The smallest absolute Gasteiger partial charge is 0.239 e. The van der Waals surface area contributed by atoms with E-state index in [4.69, 9.17) is 0 Å². The molecule has 0 radical (unpaired) electrons. The molecule has 28 heavy (non-hydrogen) atoms. The van der Waals surface area contributed by atoms with Gasteiger partial charge in [-0.1, -0.05) is 36.4 Å². The van der Waals surface area contributed by atoms with Crippen LogP contribution in [0.2, 0.25) is 0 Å². The number of H-pyrrole nitrogens is 1. The quantitative estimate of drug-likeness (QED) is 0.630. The van der Waals surface area contributed by atoms with Crippen molar-refractivity contribution in [2.24, 2.45) is 0 Å². The number of para-hydroxylation sites is 1. The van der Waals surface area contributed by atoms with Crippen molar-refractivity contribution >= 4 is 22.7 Å². The minimum Gasteiger partial charge on any atom is -0.361 e. The summed E-state index contributed by atoms with van der Waals surface area (Å²) in [7, 11) is 0. The van der Waals surface area contributed by atoms with Gasteiger partial charge in [-0.25, -0.2) is 4.39 Å². The molecule has 0 unspecified atom stereocenters. The Kier molecular flexibility index (Phi) is 6.42. The van der Waals surface area contributed by atoms with Crippen LogP contribution in [0.4, 0.5) is 4.39 Å². The summed E-state index contributed by atoms with van der Waals surface area (Å²) in [5, 5.41) is 4.01. The number of aromatic amines is 1. The van der Waals surface area contributed by atoms with Crippen LogP contribution in [0.5, 0.6) is 0 Å². The summed E-state index contributed by atoms with van der Waals surface area (Å²) in [6.07, 6.45) is 3.02. The van der Waals surface area contributed by atoms with Gasteiger partial charge in [0.05, 0.1) is 6.54 Å². The Labute approximate surface area is 163 Å². The van der Waals surface area contributed by atoms with Gasteiger partial charge in [-0.15, -0.1) is 0 Å². The Hall–Kier alpha value is -3.15. The van der Waals surface area contributed by atoms with Gasteiger partial charge in [-0.05, 0) is 36.1 Å². The molecule has 0 atom stereocenters. The number of carbonyl (C=O) groups is 2. The number of carbonyl (C=O) groups excluding carboxylic acids is 2. The highest BCUT2D eigenvalue weighted by atomic mass is 19.1. The Bertz CT molecular complexity index is 967. The summed E-state index contributed by atoms with van der Waals surface area (Å²) in [5.41, 5.74) is 2.74. The maximum absolute atomic E-state index is 13.7. The number of hydrogen-bond donors (Lipinski definition) is 2. The lowest BCUT2D eigenvalue weighted by Gasteiger charge is -2.20. The zero-order valence-corrected chi connectivity index (χ0v) is 15.9. The maximum Gasteiger partial charge on any atom is 0.239 e. The highest BCUT2D eigenvalue weighted by Crippen LogP contribution is 2.17. The van der Waals surface area contributed by atoms with Crippen molar-refractivity contribution in [3.05, 3.63) is 71.7 Å². The van der Waals surface area contributed by atoms with Crippen LogP contribution in [-0.2, 0) is 22.4 Å². The summed E-state index contributed by atoms with van der Waals surface area (Å²) in [4.78, 5) is 28.7. The zero-order chi connectivity index (χ0) is 19.9. The topological polar surface area (TPSA) is 65.2 Å². The van der Waals surface area contributed by atoms with Crippen LogP contribution in [-0.4, -0.2) is 41.3 Å². The van der Waals surface area contributed by atoms with E-state index in [-0.39, 0.29) is 24.2 Å². The van der Waals surface area contributed by atoms with E-state index in [1.165, 1.54) is 17.9 Å². The van der Waals surface area contributed by atoms with Gasteiger partial charge in [-0.3, -0.25) is 9.59 Å². The van der Waals surface area contributed by atoms with Crippen molar-refractivity contribution < 1.29 is 14.0 Å². The third-order valence-corrected chi connectivity index (χ3v) is 4.78. The Balaban J connectivity index is 1.49. The number of rotatable bonds is 8.